The third-order valence-corrected chi connectivity index (χ3v) is 3.50. The highest BCUT2D eigenvalue weighted by atomic mass is 16.2. The van der Waals surface area contributed by atoms with Crippen molar-refractivity contribution < 1.29 is 4.79 Å². The number of hydrogen-bond donors (Lipinski definition) is 1. The van der Waals surface area contributed by atoms with Gasteiger partial charge in [0.05, 0.1) is 5.69 Å². The first-order valence-electron chi connectivity index (χ1n) is 6.73. The predicted octanol–water partition coefficient (Wildman–Crippen LogP) is 1.04. The highest BCUT2D eigenvalue weighted by Gasteiger charge is 2.27. The van der Waals surface area contributed by atoms with Crippen LogP contribution in [0.5, 0.6) is 0 Å². The van der Waals surface area contributed by atoms with Crippen molar-refractivity contribution in [1.82, 2.24) is 20.0 Å². The number of likely N-dealkylation sites (N-methyl/N-ethyl adjacent to an activating group) is 1. The Labute approximate surface area is 108 Å². The van der Waals surface area contributed by atoms with Crippen molar-refractivity contribution in [2.45, 2.75) is 39.8 Å². The van der Waals surface area contributed by atoms with Crippen molar-refractivity contribution in [3.8, 4) is 0 Å². The minimum atomic E-state index is 0.105. The third kappa shape index (κ3) is 2.41. The van der Waals surface area contributed by atoms with Gasteiger partial charge in [0.25, 0.3) is 5.91 Å². The Bertz CT molecular complexity index is 421. The molecule has 1 N–H and O–H groups in total. The third-order valence-electron chi connectivity index (χ3n) is 3.50. The van der Waals surface area contributed by atoms with Gasteiger partial charge in [-0.1, -0.05) is 0 Å². The Hall–Kier alpha value is -1.36. The van der Waals surface area contributed by atoms with Gasteiger partial charge in [0, 0.05) is 25.7 Å². The molecule has 0 radical (unpaired) electrons. The lowest BCUT2D eigenvalue weighted by Gasteiger charge is -2.27. The van der Waals surface area contributed by atoms with E-state index in [1.165, 1.54) is 0 Å². The molecule has 2 heterocycles. The maximum Gasteiger partial charge on any atom is 0.272 e. The van der Waals surface area contributed by atoms with Crippen LogP contribution in [0.15, 0.2) is 6.07 Å². The number of aromatic nitrogens is 2. The summed E-state index contributed by atoms with van der Waals surface area (Å²) < 4.78 is 1.79. The lowest BCUT2D eigenvalue weighted by Crippen LogP contribution is -2.42. The van der Waals surface area contributed by atoms with Crippen molar-refractivity contribution in [2.24, 2.45) is 0 Å². The van der Waals surface area contributed by atoms with Crippen LogP contribution in [0.4, 0.5) is 0 Å². The molecule has 18 heavy (non-hydrogen) atoms. The molecule has 5 heteroatoms. The van der Waals surface area contributed by atoms with E-state index in [1.54, 1.807) is 4.68 Å². The van der Waals surface area contributed by atoms with Crippen LogP contribution in [0.1, 0.15) is 36.5 Å². The number of nitrogens with zero attached hydrogens (tertiary/aromatic N) is 3. The van der Waals surface area contributed by atoms with Gasteiger partial charge in [-0.3, -0.25) is 9.48 Å². The van der Waals surface area contributed by atoms with E-state index in [2.05, 4.69) is 10.4 Å². The van der Waals surface area contributed by atoms with Gasteiger partial charge in [0.1, 0.15) is 5.69 Å². The molecule has 1 saturated heterocycles. The largest absolute Gasteiger partial charge is 0.333 e. The number of nitrogens with one attached hydrogen (secondary N) is 1. The molecule has 1 atom stereocenters. The molecule has 1 aliphatic heterocycles. The highest BCUT2D eigenvalue weighted by molar-refractivity contribution is 5.93. The van der Waals surface area contributed by atoms with Gasteiger partial charge in [-0.15, -0.1) is 0 Å². The van der Waals surface area contributed by atoms with Crippen molar-refractivity contribution in [3.05, 3.63) is 17.5 Å². The van der Waals surface area contributed by atoms with Crippen LogP contribution < -0.4 is 5.32 Å². The summed E-state index contributed by atoms with van der Waals surface area (Å²) in [6, 6.07) is 2.21. The minimum Gasteiger partial charge on any atom is -0.333 e. The van der Waals surface area contributed by atoms with E-state index in [0.29, 0.717) is 11.7 Å². The summed E-state index contributed by atoms with van der Waals surface area (Å²) in [7, 11) is 0. The molecule has 0 aliphatic carbocycles. The molecule has 0 bridgehead atoms. The van der Waals surface area contributed by atoms with Gasteiger partial charge < -0.3 is 10.2 Å². The Morgan fingerprint density at radius 3 is 2.94 bits per heavy atom. The molecule has 1 amide bonds. The number of amides is 1. The predicted molar refractivity (Wildman–Crippen MR) is 70.6 cm³/mol. The number of aryl methyl sites for hydroxylation is 2. The van der Waals surface area contributed by atoms with Crippen molar-refractivity contribution in [1.29, 1.82) is 0 Å². The van der Waals surface area contributed by atoms with Crippen LogP contribution in [-0.4, -0.2) is 46.3 Å². The second-order valence-electron chi connectivity index (χ2n) is 4.72. The van der Waals surface area contributed by atoms with E-state index >= 15 is 0 Å². The smallest absolute Gasteiger partial charge is 0.272 e. The molecule has 1 aliphatic rings. The normalized spacial score (nSPS) is 19.2. The summed E-state index contributed by atoms with van der Waals surface area (Å²) >= 11 is 0. The van der Waals surface area contributed by atoms with Gasteiger partial charge in [-0.2, -0.15) is 5.10 Å². The fourth-order valence-electron chi connectivity index (χ4n) is 2.58. The summed E-state index contributed by atoms with van der Waals surface area (Å²) in [5.74, 6) is 0.105. The zero-order chi connectivity index (χ0) is 13.1. The Morgan fingerprint density at radius 2 is 2.39 bits per heavy atom. The maximum absolute atomic E-state index is 12.6. The van der Waals surface area contributed by atoms with Crippen LogP contribution in [0.25, 0.3) is 0 Å². The first-order valence-corrected chi connectivity index (χ1v) is 6.73. The number of rotatable bonds is 4. The van der Waals surface area contributed by atoms with E-state index in [1.807, 2.05) is 31.7 Å². The van der Waals surface area contributed by atoms with Gasteiger partial charge >= 0.3 is 0 Å². The molecular weight excluding hydrogens is 228 g/mol. The zero-order valence-corrected chi connectivity index (χ0v) is 11.4. The van der Waals surface area contributed by atoms with E-state index in [-0.39, 0.29) is 5.91 Å². The second-order valence-corrected chi connectivity index (χ2v) is 4.72. The van der Waals surface area contributed by atoms with Gasteiger partial charge in [0.15, 0.2) is 0 Å². The number of carbonyl (C=O) groups excluding carboxylic acids is 1. The molecule has 1 aromatic rings. The SMILES string of the molecule is CCN(C(=O)c1cc(C)nn1CC)C1CCNC1. The van der Waals surface area contributed by atoms with E-state index < -0.39 is 0 Å². The lowest BCUT2D eigenvalue weighted by molar-refractivity contribution is 0.0691. The van der Waals surface area contributed by atoms with E-state index in [0.717, 1.165) is 38.3 Å². The fourth-order valence-corrected chi connectivity index (χ4v) is 2.58. The first-order chi connectivity index (χ1) is 8.67. The molecule has 0 spiro atoms. The molecule has 2 rings (SSSR count). The zero-order valence-electron chi connectivity index (χ0n) is 11.4. The molecule has 1 aromatic heterocycles. The van der Waals surface area contributed by atoms with Crippen LogP contribution >= 0.6 is 0 Å². The van der Waals surface area contributed by atoms with E-state index in [9.17, 15) is 4.79 Å². The number of carbonyl (C=O) groups is 1. The standard InChI is InChI=1S/C13H22N4O/c1-4-16(11-6-7-14-9-11)13(18)12-8-10(3)15-17(12)5-2/h8,11,14H,4-7,9H2,1-3H3. The fraction of sp³-hybridized carbons (Fsp3) is 0.692. The maximum atomic E-state index is 12.6. The van der Waals surface area contributed by atoms with Gasteiger partial charge in [-0.25, -0.2) is 0 Å². The molecule has 1 unspecified atom stereocenters. The molecule has 0 aromatic carbocycles. The van der Waals surface area contributed by atoms with Crippen molar-refractivity contribution >= 4 is 5.91 Å². The molecule has 100 valence electrons. The first kappa shape index (κ1) is 13.1. The van der Waals surface area contributed by atoms with Crippen LogP contribution in [0, 0.1) is 6.92 Å². The molecule has 0 saturated carbocycles. The number of hydrogen-bond acceptors (Lipinski definition) is 3. The lowest BCUT2D eigenvalue weighted by atomic mass is 10.2. The van der Waals surface area contributed by atoms with Crippen molar-refractivity contribution in [3.63, 3.8) is 0 Å². The summed E-state index contributed by atoms with van der Waals surface area (Å²) in [6.07, 6.45) is 1.04. The molecule has 1 fully saturated rings. The van der Waals surface area contributed by atoms with Gasteiger partial charge in [0.2, 0.25) is 0 Å². The monoisotopic (exact) mass is 250 g/mol. The summed E-state index contributed by atoms with van der Waals surface area (Å²) in [5, 5.41) is 7.66. The Morgan fingerprint density at radius 1 is 1.61 bits per heavy atom. The topological polar surface area (TPSA) is 50.2 Å². The summed E-state index contributed by atoms with van der Waals surface area (Å²) in [6.45, 7) is 9.36. The summed E-state index contributed by atoms with van der Waals surface area (Å²) in [5.41, 5.74) is 1.62. The molecular formula is C13H22N4O. The van der Waals surface area contributed by atoms with E-state index in [4.69, 9.17) is 0 Å². The van der Waals surface area contributed by atoms with Crippen molar-refractivity contribution in [2.75, 3.05) is 19.6 Å². The second kappa shape index (κ2) is 5.52. The highest BCUT2D eigenvalue weighted by Crippen LogP contribution is 2.14. The Balaban J connectivity index is 2.22. The average molecular weight is 250 g/mol. The van der Waals surface area contributed by atoms with Crippen LogP contribution in [0.2, 0.25) is 0 Å². The summed E-state index contributed by atoms with van der Waals surface area (Å²) in [4.78, 5) is 14.6. The van der Waals surface area contributed by atoms with Gasteiger partial charge in [-0.05, 0) is 39.8 Å². The average Bonchev–Trinajstić information content (AvgIpc) is 2.99. The van der Waals surface area contributed by atoms with Crippen LogP contribution in [-0.2, 0) is 6.54 Å². The minimum absolute atomic E-state index is 0.105. The molecule has 5 nitrogen and oxygen atoms in total. The van der Waals surface area contributed by atoms with Crippen LogP contribution in [0.3, 0.4) is 0 Å². The Kier molecular flexibility index (Phi) is 4.01. The quantitative estimate of drug-likeness (QED) is 0.868.